The minimum absolute atomic E-state index is 0.102. The Labute approximate surface area is 408 Å². The summed E-state index contributed by atoms with van der Waals surface area (Å²) in [5.74, 6) is 0.799. The Kier molecular flexibility index (Phi) is 16.7. The van der Waals surface area contributed by atoms with Crippen LogP contribution in [0.2, 0.25) is 0 Å². The molecule has 1 N–H and O–H groups in total. The van der Waals surface area contributed by atoms with Gasteiger partial charge in [0, 0.05) is 74.7 Å². The summed E-state index contributed by atoms with van der Waals surface area (Å²) in [6, 6.07) is 28.3. The molecule has 3 aliphatic heterocycles. The number of carbonyl (C=O) groups excluding carboxylic acids is 3. The zero-order valence-corrected chi connectivity index (χ0v) is 40.1. The van der Waals surface area contributed by atoms with Crippen molar-refractivity contribution in [2.75, 3.05) is 89.7 Å². The van der Waals surface area contributed by atoms with E-state index in [1.54, 1.807) is 43.4 Å². The Balaban J connectivity index is 1.07. The third-order valence-electron chi connectivity index (χ3n) is 12.2. The van der Waals surface area contributed by atoms with Crippen molar-refractivity contribution in [1.82, 2.24) is 0 Å². The molecule has 3 heterocycles. The van der Waals surface area contributed by atoms with Crippen molar-refractivity contribution in [2.24, 2.45) is 9.98 Å². The lowest BCUT2D eigenvalue weighted by Crippen LogP contribution is -2.37. The van der Waals surface area contributed by atoms with Gasteiger partial charge in [-0.3, -0.25) is 29.3 Å². The number of nitrogens with one attached hydrogen (secondary N) is 1. The van der Waals surface area contributed by atoms with Gasteiger partial charge in [-0.25, -0.2) is 0 Å². The smallest absolute Gasteiger partial charge is 0.305 e. The fourth-order valence-electron chi connectivity index (χ4n) is 8.67. The standard InChI is InChI=1S/C54H59N5O11/c1-63-21-22-68-24-23-67-20-19-58(18-10-16-52(60)66-4)40-26-36(34-69-50-31-45-42(29-48(50)64-2)53(61)57-44-14-7-5-11-38(44)13-9-17-55-45)25-37(27-40)35-70-51-32-46-43(30-49(51)65-3)54(62)59-41(33-56-46)28-39-12-6-8-15-47(39)59/h5-8,11-12,14-15,17,25-27,29-33,41H,9-10,13,16,18-24,28,34-35H2,1-4H3,(H,57,61)/t41-/m0/s1. The van der Waals surface area contributed by atoms with E-state index in [4.69, 9.17) is 47.9 Å². The molecule has 366 valence electrons. The van der Waals surface area contributed by atoms with Gasteiger partial charge in [-0.1, -0.05) is 36.4 Å². The quantitative estimate of drug-likeness (QED) is 0.0520. The summed E-state index contributed by atoms with van der Waals surface area (Å²) in [5.41, 5.74) is 7.89. The van der Waals surface area contributed by atoms with Gasteiger partial charge in [-0.15, -0.1) is 0 Å². The molecule has 0 saturated carbocycles. The fraction of sp³-hybridized carbons (Fsp3) is 0.352. The van der Waals surface area contributed by atoms with Gasteiger partial charge in [-0.2, -0.15) is 0 Å². The number of rotatable bonds is 22. The number of esters is 1. The Hall–Kier alpha value is -7.27. The fourth-order valence-corrected chi connectivity index (χ4v) is 8.67. The minimum Gasteiger partial charge on any atom is -0.493 e. The number of fused-ring (bicyclic) bond motifs is 6. The van der Waals surface area contributed by atoms with Gasteiger partial charge in [0.05, 0.1) is 82.9 Å². The zero-order chi connectivity index (χ0) is 48.8. The molecule has 1 atom stereocenters. The Bertz CT molecular complexity index is 2680. The molecule has 70 heavy (non-hydrogen) atoms. The van der Waals surface area contributed by atoms with Crippen LogP contribution in [0.5, 0.6) is 23.0 Å². The van der Waals surface area contributed by atoms with Crippen LogP contribution >= 0.6 is 0 Å². The first-order valence-electron chi connectivity index (χ1n) is 23.4. The summed E-state index contributed by atoms with van der Waals surface area (Å²) >= 11 is 0. The van der Waals surface area contributed by atoms with Crippen LogP contribution < -0.4 is 34.1 Å². The summed E-state index contributed by atoms with van der Waals surface area (Å²) in [5, 5.41) is 3.05. The van der Waals surface area contributed by atoms with Gasteiger partial charge in [-0.05, 0) is 84.0 Å². The first-order chi connectivity index (χ1) is 34.3. The van der Waals surface area contributed by atoms with Crippen molar-refractivity contribution >= 4 is 58.6 Å². The summed E-state index contributed by atoms with van der Waals surface area (Å²) in [6.45, 7) is 3.42. The third-order valence-corrected chi connectivity index (χ3v) is 12.2. The maximum Gasteiger partial charge on any atom is 0.305 e. The topological polar surface area (TPSA) is 168 Å². The zero-order valence-electron chi connectivity index (χ0n) is 40.1. The van der Waals surface area contributed by atoms with E-state index in [-0.39, 0.29) is 43.5 Å². The van der Waals surface area contributed by atoms with Crippen molar-refractivity contribution in [3.8, 4) is 23.0 Å². The molecule has 0 unspecified atom stereocenters. The maximum absolute atomic E-state index is 14.1. The number of hydrogen-bond donors (Lipinski definition) is 1. The largest absolute Gasteiger partial charge is 0.493 e. The van der Waals surface area contributed by atoms with E-state index in [1.807, 2.05) is 79.2 Å². The number of amides is 2. The third kappa shape index (κ3) is 11.9. The molecule has 16 heteroatoms. The van der Waals surface area contributed by atoms with Crippen LogP contribution in [-0.4, -0.2) is 111 Å². The molecule has 3 aliphatic rings. The molecular formula is C54H59N5O11. The molecule has 5 aromatic rings. The summed E-state index contributed by atoms with van der Waals surface area (Å²) in [7, 11) is 6.08. The summed E-state index contributed by atoms with van der Waals surface area (Å²) in [4.78, 5) is 53.5. The van der Waals surface area contributed by atoms with Crippen LogP contribution in [0.1, 0.15) is 62.2 Å². The van der Waals surface area contributed by atoms with Crippen molar-refractivity contribution in [1.29, 1.82) is 0 Å². The highest BCUT2D eigenvalue weighted by Gasteiger charge is 2.36. The second-order valence-corrected chi connectivity index (χ2v) is 16.8. The number of aliphatic imine (C=N–C) groups is 2. The van der Waals surface area contributed by atoms with Gasteiger partial charge in [0.1, 0.15) is 13.2 Å². The number of nitrogens with zero attached hydrogens (tertiary/aromatic N) is 4. The number of benzene rings is 5. The molecule has 0 bridgehead atoms. The number of para-hydroxylation sites is 2. The van der Waals surface area contributed by atoms with E-state index in [0.29, 0.717) is 117 Å². The van der Waals surface area contributed by atoms with Gasteiger partial charge < -0.3 is 48.1 Å². The summed E-state index contributed by atoms with van der Waals surface area (Å²) in [6.07, 6.45) is 6.47. The monoisotopic (exact) mass is 953 g/mol. The lowest BCUT2D eigenvalue weighted by molar-refractivity contribution is -0.140. The number of anilines is 3. The molecule has 0 aromatic heterocycles. The van der Waals surface area contributed by atoms with E-state index in [9.17, 15) is 14.4 Å². The molecule has 0 aliphatic carbocycles. The summed E-state index contributed by atoms with van der Waals surface area (Å²) < 4.78 is 46.3. The van der Waals surface area contributed by atoms with E-state index in [2.05, 4.69) is 10.2 Å². The molecule has 0 radical (unpaired) electrons. The molecule has 0 saturated heterocycles. The van der Waals surface area contributed by atoms with Crippen LogP contribution in [0.25, 0.3) is 0 Å². The molecule has 0 fully saturated rings. The van der Waals surface area contributed by atoms with Crippen LogP contribution in [0.15, 0.2) is 101 Å². The van der Waals surface area contributed by atoms with Crippen LogP contribution in [0.3, 0.4) is 0 Å². The van der Waals surface area contributed by atoms with Crippen LogP contribution in [-0.2, 0) is 49.8 Å². The second-order valence-electron chi connectivity index (χ2n) is 16.8. The lowest BCUT2D eigenvalue weighted by atomic mass is 10.1. The highest BCUT2D eigenvalue weighted by molar-refractivity contribution is 6.15. The number of methoxy groups -OCH3 is 4. The van der Waals surface area contributed by atoms with Crippen LogP contribution in [0.4, 0.5) is 28.4 Å². The molecule has 0 spiro atoms. The van der Waals surface area contributed by atoms with Crippen molar-refractivity contribution < 1.29 is 52.3 Å². The number of ether oxygens (including phenoxy) is 8. The van der Waals surface area contributed by atoms with Crippen molar-refractivity contribution in [3.05, 3.63) is 124 Å². The van der Waals surface area contributed by atoms with Gasteiger partial charge in [0.25, 0.3) is 11.8 Å². The van der Waals surface area contributed by atoms with Gasteiger partial charge >= 0.3 is 5.97 Å². The minimum atomic E-state index is -0.311. The predicted octanol–water partition coefficient (Wildman–Crippen LogP) is 8.49. The average Bonchev–Trinajstić information content (AvgIpc) is 3.70. The van der Waals surface area contributed by atoms with Crippen LogP contribution in [0, 0.1) is 0 Å². The van der Waals surface area contributed by atoms with Crippen molar-refractivity contribution in [2.45, 2.75) is 51.4 Å². The Morgan fingerprint density at radius 2 is 1.37 bits per heavy atom. The second kappa shape index (κ2) is 23.8. The Morgan fingerprint density at radius 3 is 2.09 bits per heavy atom. The van der Waals surface area contributed by atoms with Crippen molar-refractivity contribution in [3.63, 3.8) is 0 Å². The predicted molar refractivity (Wildman–Crippen MR) is 268 cm³/mol. The normalized spacial score (nSPS) is 14.6. The maximum atomic E-state index is 14.1. The molecular weight excluding hydrogens is 895 g/mol. The SMILES string of the molecule is COCCOCCOCCN(CCCC(=O)OC)c1cc(COc2cc3c(cc2OC)C(=O)Nc2ccccc2CCC=N3)cc(COc2cc3c(cc2OC)C(=O)N2c4ccccc4C[C@H]2C=N3)c1. The first kappa shape index (κ1) is 49.2. The van der Waals surface area contributed by atoms with E-state index < -0.39 is 0 Å². The highest BCUT2D eigenvalue weighted by atomic mass is 16.5. The first-order valence-corrected chi connectivity index (χ1v) is 23.4. The van der Waals surface area contributed by atoms with Gasteiger partial charge in [0.2, 0.25) is 0 Å². The lowest BCUT2D eigenvalue weighted by Gasteiger charge is -2.26. The number of carbonyl (C=O) groups is 3. The number of hydrogen-bond acceptors (Lipinski definition) is 14. The molecule has 2 amide bonds. The molecule has 5 aromatic carbocycles. The molecule has 8 rings (SSSR count). The number of aryl methyl sites for hydroxylation is 1. The van der Waals surface area contributed by atoms with E-state index in [1.165, 1.54) is 14.2 Å². The highest BCUT2D eigenvalue weighted by Crippen LogP contribution is 2.42. The average molecular weight is 954 g/mol. The Morgan fingerprint density at radius 1 is 0.714 bits per heavy atom. The molecule has 16 nitrogen and oxygen atoms in total. The van der Waals surface area contributed by atoms with E-state index in [0.717, 1.165) is 39.3 Å². The van der Waals surface area contributed by atoms with E-state index >= 15 is 0 Å². The van der Waals surface area contributed by atoms with Gasteiger partial charge in [0.15, 0.2) is 23.0 Å².